The summed E-state index contributed by atoms with van der Waals surface area (Å²) < 4.78 is 2.26. The summed E-state index contributed by atoms with van der Waals surface area (Å²) in [7, 11) is 2.19. The lowest BCUT2D eigenvalue weighted by Crippen LogP contribution is -2.21. The summed E-state index contributed by atoms with van der Waals surface area (Å²) >= 11 is 0. The molecule has 0 bridgehead atoms. The number of hydrogen-bond acceptors (Lipinski definition) is 3. The average molecular weight is 250 g/mol. The number of imidazole rings is 1. The van der Waals surface area contributed by atoms with E-state index in [-0.39, 0.29) is 6.04 Å². The number of hydrogen-bond donors (Lipinski definition) is 1. The van der Waals surface area contributed by atoms with Crippen molar-refractivity contribution in [2.24, 2.45) is 17.6 Å². The van der Waals surface area contributed by atoms with Crippen molar-refractivity contribution in [2.45, 2.75) is 39.3 Å². The van der Waals surface area contributed by atoms with Gasteiger partial charge in [-0.05, 0) is 38.3 Å². The number of likely N-dealkylation sites (tertiary alicyclic amines) is 1. The van der Waals surface area contributed by atoms with E-state index in [1.807, 2.05) is 12.5 Å². The molecular formula is C14H26N4. The predicted octanol–water partition coefficient (Wildman–Crippen LogP) is 1.88. The standard InChI is InChI=1S/C14H26N4/c1-11(2)6-13(15)14-7-16-10-18(14)9-12-4-5-17(3)8-12/h7,10-13H,4-6,8-9,15H2,1-3H3. The lowest BCUT2D eigenvalue weighted by molar-refractivity contribution is 0.372. The summed E-state index contributed by atoms with van der Waals surface area (Å²) in [5, 5.41) is 0. The minimum Gasteiger partial charge on any atom is -0.333 e. The minimum atomic E-state index is 0.117. The van der Waals surface area contributed by atoms with E-state index in [4.69, 9.17) is 5.73 Å². The zero-order chi connectivity index (χ0) is 13.1. The molecule has 2 N–H and O–H groups in total. The van der Waals surface area contributed by atoms with Crippen LogP contribution in [-0.2, 0) is 6.54 Å². The summed E-state index contributed by atoms with van der Waals surface area (Å²) in [6.45, 7) is 7.90. The molecule has 0 aromatic carbocycles. The molecule has 2 atom stereocenters. The molecule has 0 radical (unpaired) electrons. The molecule has 0 amide bonds. The Morgan fingerprint density at radius 3 is 2.89 bits per heavy atom. The number of rotatable bonds is 5. The third kappa shape index (κ3) is 3.33. The van der Waals surface area contributed by atoms with E-state index in [2.05, 4.69) is 35.3 Å². The highest BCUT2D eigenvalue weighted by atomic mass is 15.1. The minimum absolute atomic E-state index is 0.117. The summed E-state index contributed by atoms with van der Waals surface area (Å²) in [6.07, 6.45) is 6.18. The van der Waals surface area contributed by atoms with Crippen LogP contribution < -0.4 is 5.73 Å². The van der Waals surface area contributed by atoms with Crippen LogP contribution in [0.1, 0.15) is 38.4 Å². The molecule has 0 spiro atoms. The van der Waals surface area contributed by atoms with Crippen LogP contribution in [0.25, 0.3) is 0 Å². The molecule has 102 valence electrons. The van der Waals surface area contributed by atoms with Crippen molar-refractivity contribution in [1.29, 1.82) is 0 Å². The van der Waals surface area contributed by atoms with Crippen molar-refractivity contribution in [1.82, 2.24) is 14.5 Å². The first-order valence-corrected chi connectivity index (χ1v) is 7.00. The topological polar surface area (TPSA) is 47.1 Å². The molecule has 1 aliphatic rings. The molecular weight excluding hydrogens is 224 g/mol. The van der Waals surface area contributed by atoms with Crippen molar-refractivity contribution in [3.63, 3.8) is 0 Å². The van der Waals surface area contributed by atoms with Gasteiger partial charge in [-0.2, -0.15) is 0 Å². The third-order valence-electron chi connectivity index (χ3n) is 3.79. The first kappa shape index (κ1) is 13.6. The third-order valence-corrected chi connectivity index (χ3v) is 3.79. The van der Waals surface area contributed by atoms with E-state index in [1.54, 1.807) is 0 Å². The van der Waals surface area contributed by atoms with Gasteiger partial charge in [0.15, 0.2) is 0 Å². The van der Waals surface area contributed by atoms with E-state index in [0.717, 1.165) is 18.9 Å². The van der Waals surface area contributed by atoms with E-state index in [9.17, 15) is 0 Å². The van der Waals surface area contributed by atoms with Gasteiger partial charge in [0.1, 0.15) is 0 Å². The molecule has 4 nitrogen and oxygen atoms in total. The Bertz CT molecular complexity index is 372. The van der Waals surface area contributed by atoms with Crippen LogP contribution in [-0.4, -0.2) is 34.6 Å². The lowest BCUT2D eigenvalue weighted by Gasteiger charge is -2.18. The lowest BCUT2D eigenvalue weighted by atomic mass is 10.0. The van der Waals surface area contributed by atoms with Crippen LogP contribution in [0.5, 0.6) is 0 Å². The fourth-order valence-electron chi connectivity index (χ4n) is 2.87. The molecule has 1 aromatic rings. The molecule has 1 aliphatic heterocycles. The van der Waals surface area contributed by atoms with Gasteiger partial charge in [0, 0.05) is 25.3 Å². The summed E-state index contributed by atoms with van der Waals surface area (Å²) in [6, 6.07) is 0.117. The van der Waals surface area contributed by atoms with E-state index < -0.39 is 0 Å². The van der Waals surface area contributed by atoms with E-state index in [0.29, 0.717) is 5.92 Å². The van der Waals surface area contributed by atoms with Crippen molar-refractivity contribution in [3.05, 3.63) is 18.2 Å². The van der Waals surface area contributed by atoms with Gasteiger partial charge in [-0.15, -0.1) is 0 Å². The molecule has 0 aliphatic carbocycles. The largest absolute Gasteiger partial charge is 0.333 e. The SMILES string of the molecule is CC(C)CC(N)c1cncn1CC1CCN(C)C1. The summed E-state index contributed by atoms with van der Waals surface area (Å²) in [4.78, 5) is 6.68. The van der Waals surface area contributed by atoms with Crippen LogP contribution in [0, 0.1) is 11.8 Å². The molecule has 1 fully saturated rings. The van der Waals surface area contributed by atoms with Gasteiger partial charge >= 0.3 is 0 Å². The molecule has 4 heteroatoms. The molecule has 0 saturated carbocycles. The van der Waals surface area contributed by atoms with Gasteiger partial charge in [0.25, 0.3) is 0 Å². The Hall–Kier alpha value is -0.870. The van der Waals surface area contributed by atoms with E-state index in [1.165, 1.54) is 25.2 Å². The van der Waals surface area contributed by atoms with Crippen LogP contribution in [0.3, 0.4) is 0 Å². The zero-order valence-corrected chi connectivity index (χ0v) is 11.8. The maximum absolute atomic E-state index is 6.27. The second-order valence-corrected chi connectivity index (χ2v) is 6.12. The molecule has 1 aromatic heterocycles. The Morgan fingerprint density at radius 1 is 1.50 bits per heavy atom. The quantitative estimate of drug-likeness (QED) is 0.868. The van der Waals surface area contributed by atoms with Gasteiger partial charge in [0.2, 0.25) is 0 Å². The Balaban J connectivity index is 1.99. The van der Waals surface area contributed by atoms with Crippen LogP contribution >= 0.6 is 0 Å². The molecule has 2 heterocycles. The van der Waals surface area contributed by atoms with Crippen LogP contribution in [0.15, 0.2) is 12.5 Å². The average Bonchev–Trinajstić information content (AvgIpc) is 2.87. The van der Waals surface area contributed by atoms with Gasteiger partial charge in [0.05, 0.1) is 12.0 Å². The van der Waals surface area contributed by atoms with Crippen LogP contribution in [0.4, 0.5) is 0 Å². The number of aromatic nitrogens is 2. The predicted molar refractivity (Wildman–Crippen MR) is 74.2 cm³/mol. The van der Waals surface area contributed by atoms with Gasteiger partial charge in [-0.3, -0.25) is 0 Å². The maximum Gasteiger partial charge on any atom is 0.0948 e. The van der Waals surface area contributed by atoms with Gasteiger partial charge < -0.3 is 15.2 Å². The monoisotopic (exact) mass is 250 g/mol. The maximum atomic E-state index is 6.27. The fourth-order valence-corrected chi connectivity index (χ4v) is 2.87. The zero-order valence-electron chi connectivity index (χ0n) is 11.8. The molecule has 2 unspecified atom stereocenters. The highest BCUT2D eigenvalue weighted by Gasteiger charge is 2.21. The van der Waals surface area contributed by atoms with Crippen molar-refractivity contribution < 1.29 is 0 Å². The number of nitrogens with two attached hydrogens (primary N) is 1. The first-order valence-electron chi connectivity index (χ1n) is 7.00. The normalized spacial score (nSPS) is 22.8. The summed E-state index contributed by atoms with van der Waals surface area (Å²) in [5.41, 5.74) is 7.46. The van der Waals surface area contributed by atoms with Gasteiger partial charge in [-0.1, -0.05) is 13.8 Å². The first-order chi connectivity index (χ1) is 8.56. The highest BCUT2D eigenvalue weighted by molar-refractivity contribution is 5.05. The molecule has 18 heavy (non-hydrogen) atoms. The Labute approximate surface area is 110 Å². The van der Waals surface area contributed by atoms with Crippen molar-refractivity contribution in [2.75, 3.05) is 20.1 Å². The van der Waals surface area contributed by atoms with E-state index >= 15 is 0 Å². The second kappa shape index (κ2) is 5.85. The highest BCUT2D eigenvalue weighted by Crippen LogP contribution is 2.22. The van der Waals surface area contributed by atoms with Crippen LogP contribution in [0.2, 0.25) is 0 Å². The van der Waals surface area contributed by atoms with Crippen molar-refractivity contribution >= 4 is 0 Å². The number of nitrogens with zero attached hydrogens (tertiary/aromatic N) is 3. The Kier molecular flexibility index (Phi) is 4.40. The smallest absolute Gasteiger partial charge is 0.0948 e. The van der Waals surface area contributed by atoms with Gasteiger partial charge in [-0.25, -0.2) is 4.98 Å². The fraction of sp³-hybridized carbons (Fsp3) is 0.786. The molecule has 2 rings (SSSR count). The Morgan fingerprint density at radius 2 is 2.28 bits per heavy atom. The second-order valence-electron chi connectivity index (χ2n) is 6.12. The molecule has 1 saturated heterocycles. The summed E-state index contributed by atoms with van der Waals surface area (Å²) in [5.74, 6) is 1.37. The van der Waals surface area contributed by atoms with Crippen molar-refractivity contribution in [3.8, 4) is 0 Å².